The Morgan fingerprint density at radius 2 is 1.86 bits per heavy atom. The molecule has 9 heteroatoms. The number of aryl methyl sites for hydroxylation is 1. The summed E-state index contributed by atoms with van der Waals surface area (Å²) in [5.74, 6) is -0.0128. The van der Waals surface area contributed by atoms with Gasteiger partial charge in [0, 0.05) is 42.8 Å². The minimum Gasteiger partial charge on any atom is -0.367 e. The molecule has 0 radical (unpaired) electrons. The van der Waals surface area contributed by atoms with Crippen molar-refractivity contribution in [3.63, 3.8) is 0 Å². The van der Waals surface area contributed by atoms with Crippen LogP contribution < -0.4 is 10.5 Å². The predicted octanol–water partition coefficient (Wildman–Crippen LogP) is 5.13. The summed E-state index contributed by atoms with van der Waals surface area (Å²) in [6.45, 7) is 14.7. The van der Waals surface area contributed by atoms with E-state index in [9.17, 15) is 9.59 Å². The van der Waals surface area contributed by atoms with Crippen molar-refractivity contribution in [3.05, 3.63) is 68.8 Å². The third-order valence-electron chi connectivity index (χ3n) is 6.49. The van der Waals surface area contributed by atoms with Gasteiger partial charge >= 0.3 is 0 Å². The summed E-state index contributed by atoms with van der Waals surface area (Å²) in [5.41, 5.74) is 3.31. The predicted molar refractivity (Wildman–Crippen MR) is 142 cm³/mol. The molecule has 0 aliphatic carbocycles. The summed E-state index contributed by atoms with van der Waals surface area (Å²) in [6.07, 6.45) is 3.09. The van der Waals surface area contributed by atoms with Crippen LogP contribution in [0.4, 0.5) is 5.69 Å². The van der Waals surface area contributed by atoms with Gasteiger partial charge in [0.25, 0.3) is 5.56 Å². The van der Waals surface area contributed by atoms with Crippen LogP contribution in [0.15, 0.2) is 41.8 Å². The molecule has 1 fully saturated rings. The maximum atomic E-state index is 13.7. The lowest BCUT2D eigenvalue weighted by atomic mass is 10.0. The van der Waals surface area contributed by atoms with Crippen molar-refractivity contribution in [1.82, 2.24) is 19.4 Å². The van der Waals surface area contributed by atoms with Crippen molar-refractivity contribution in [2.24, 2.45) is 0 Å². The van der Waals surface area contributed by atoms with E-state index in [1.807, 2.05) is 45.6 Å². The molecule has 1 saturated heterocycles. The quantitative estimate of drug-likeness (QED) is 0.357. The Hall–Kier alpha value is -2.90. The molecule has 35 heavy (non-hydrogen) atoms. The van der Waals surface area contributed by atoms with Gasteiger partial charge in [-0.3, -0.25) is 19.1 Å². The van der Waals surface area contributed by atoms with Gasteiger partial charge in [0.05, 0.1) is 22.1 Å². The van der Waals surface area contributed by atoms with Gasteiger partial charge in [0.2, 0.25) is 5.91 Å². The number of pyridine rings is 3. The molecule has 184 valence electrons. The molecular formula is C26H29Cl2N5O2. The van der Waals surface area contributed by atoms with Crippen molar-refractivity contribution in [3.8, 4) is 5.69 Å². The Kier molecular flexibility index (Phi) is 6.93. The number of halogens is 2. The number of rotatable bonds is 4. The molecular weight excluding hydrogens is 485 g/mol. The molecule has 4 rings (SSSR count). The van der Waals surface area contributed by atoms with Gasteiger partial charge in [-0.25, -0.2) is 4.98 Å². The second-order valence-corrected chi connectivity index (χ2v) is 10.2. The molecule has 3 aromatic rings. The van der Waals surface area contributed by atoms with E-state index >= 15 is 0 Å². The van der Waals surface area contributed by atoms with Crippen molar-refractivity contribution < 1.29 is 4.79 Å². The zero-order chi connectivity index (χ0) is 25.6. The lowest BCUT2D eigenvalue weighted by Gasteiger charge is -2.45. The van der Waals surface area contributed by atoms with Gasteiger partial charge < -0.3 is 9.80 Å². The largest absolute Gasteiger partial charge is 0.367 e. The molecule has 2 atom stereocenters. The smallest absolute Gasteiger partial charge is 0.258 e. The first kappa shape index (κ1) is 25.2. The molecule has 0 spiro atoms. The first-order valence-electron chi connectivity index (χ1n) is 11.6. The summed E-state index contributed by atoms with van der Waals surface area (Å²) in [4.78, 5) is 39.2. The van der Waals surface area contributed by atoms with E-state index in [2.05, 4.69) is 21.4 Å². The maximum absolute atomic E-state index is 13.7. The van der Waals surface area contributed by atoms with E-state index in [4.69, 9.17) is 23.2 Å². The van der Waals surface area contributed by atoms with Gasteiger partial charge in [0.15, 0.2) is 5.65 Å². The number of aromatic nitrogens is 3. The van der Waals surface area contributed by atoms with Crippen LogP contribution in [0.25, 0.3) is 16.7 Å². The first-order chi connectivity index (χ1) is 16.5. The fraction of sp³-hybridized carbons (Fsp3) is 0.385. The Labute approximate surface area is 215 Å². The van der Waals surface area contributed by atoms with Crippen LogP contribution in [0.5, 0.6) is 0 Å². The SMILES string of the molecule is C=CC(=O)N1[C@H](C)CN(c2cc(=O)n(-c3c(C)ccnc3C(C)C)c3nc(Cl)c(Cl)cc23)C[C@@H]1C. The summed E-state index contributed by atoms with van der Waals surface area (Å²) < 4.78 is 1.59. The molecule has 0 bridgehead atoms. The number of anilines is 1. The number of carbonyl (C=O) groups is 1. The first-order valence-corrected chi connectivity index (χ1v) is 12.4. The van der Waals surface area contributed by atoms with Gasteiger partial charge in [-0.2, -0.15) is 0 Å². The summed E-state index contributed by atoms with van der Waals surface area (Å²) in [7, 11) is 0. The monoisotopic (exact) mass is 513 g/mol. The van der Waals surface area contributed by atoms with Crippen molar-refractivity contribution in [1.29, 1.82) is 0 Å². The van der Waals surface area contributed by atoms with Crippen molar-refractivity contribution in [2.75, 3.05) is 18.0 Å². The number of hydrogen-bond donors (Lipinski definition) is 0. The molecule has 3 aromatic heterocycles. The van der Waals surface area contributed by atoms with Gasteiger partial charge in [-0.1, -0.05) is 43.6 Å². The lowest BCUT2D eigenvalue weighted by Crippen LogP contribution is -2.58. The zero-order valence-corrected chi connectivity index (χ0v) is 22.1. The molecule has 0 N–H and O–H groups in total. The van der Waals surface area contributed by atoms with E-state index in [-0.39, 0.29) is 34.6 Å². The maximum Gasteiger partial charge on any atom is 0.258 e. The Morgan fingerprint density at radius 1 is 1.20 bits per heavy atom. The zero-order valence-electron chi connectivity index (χ0n) is 20.5. The fourth-order valence-corrected chi connectivity index (χ4v) is 5.29. The molecule has 0 unspecified atom stereocenters. The summed E-state index contributed by atoms with van der Waals surface area (Å²) in [6, 6.07) is 5.10. The van der Waals surface area contributed by atoms with Crippen LogP contribution in [-0.4, -0.2) is 50.5 Å². The highest BCUT2D eigenvalue weighted by molar-refractivity contribution is 6.41. The fourth-order valence-electron chi connectivity index (χ4n) is 5.00. The molecule has 1 amide bonds. The van der Waals surface area contributed by atoms with Crippen molar-refractivity contribution in [2.45, 2.75) is 52.6 Å². The third kappa shape index (κ3) is 4.43. The second-order valence-electron chi connectivity index (χ2n) is 9.40. The minimum atomic E-state index is -0.235. The number of carbonyl (C=O) groups excluding carboxylic acids is 1. The van der Waals surface area contributed by atoms with Gasteiger partial charge in [-0.05, 0) is 50.5 Å². The number of piperazine rings is 1. The van der Waals surface area contributed by atoms with Gasteiger partial charge in [-0.15, -0.1) is 0 Å². The van der Waals surface area contributed by atoms with E-state index in [1.165, 1.54) is 6.08 Å². The summed E-state index contributed by atoms with van der Waals surface area (Å²) >= 11 is 12.8. The summed E-state index contributed by atoms with van der Waals surface area (Å²) in [5, 5.41) is 1.14. The molecule has 7 nitrogen and oxygen atoms in total. The van der Waals surface area contributed by atoms with Crippen LogP contribution in [0.1, 0.15) is 44.9 Å². The average molecular weight is 514 g/mol. The standard InChI is InChI=1S/C26H29Cl2N5O2/c1-7-21(34)32-16(5)12-31(13-17(32)6)20-11-22(35)33(26-18(20)10-19(27)25(28)30-26)24-15(4)8-9-29-23(24)14(2)3/h7-11,14,16-17H,1,12-13H2,2-6H3/t16-,17+. The number of amides is 1. The van der Waals surface area contributed by atoms with E-state index < -0.39 is 0 Å². The van der Waals surface area contributed by atoms with Crippen molar-refractivity contribution >= 4 is 45.8 Å². The number of nitrogens with zero attached hydrogens (tertiary/aromatic N) is 5. The number of fused-ring (bicyclic) bond motifs is 1. The topological polar surface area (TPSA) is 71.3 Å². The van der Waals surface area contributed by atoms with E-state index in [0.29, 0.717) is 40.5 Å². The Morgan fingerprint density at radius 3 is 2.46 bits per heavy atom. The second kappa shape index (κ2) is 9.63. The minimum absolute atomic E-state index is 0.0782. The Bertz CT molecular complexity index is 1370. The van der Waals surface area contributed by atoms with Crippen LogP contribution in [0.3, 0.4) is 0 Å². The van der Waals surface area contributed by atoms with E-state index in [0.717, 1.165) is 11.3 Å². The molecule has 4 heterocycles. The molecule has 1 aliphatic rings. The van der Waals surface area contributed by atoms with Gasteiger partial charge in [0.1, 0.15) is 5.15 Å². The number of hydrogen-bond acceptors (Lipinski definition) is 5. The third-order valence-corrected chi connectivity index (χ3v) is 7.17. The normalized spacial score (nSPS) is 18.4. The lowest BCUT2D eigenvalue weighted by molar-refractivity contribution is -0.130. The van der Waals surface area contributed by atoms with Crippen LogP contribution in [-0.2, 0) is 4.79 Å². The molecule has 0 aromatic carbocycles. The van der Waals surface area contributed by atoms with Crippen LogP contribution >= 0.6 is 23.2 Å². The highest BCUT2D eigenvalue weighted by Crippen LogP contribution is 2.34. The van der Waals surface area contributed by atoms with E-state index in [1.54, 1.807) is 22.9 Å². The highest BCUT2D eigenvalue weighted by Gasteiger charge is 2.33. The molecule has 1 aliphatic heterocycles. The molecule has 0 saturated carbocycles. The Balaban J connectivity index is 1.96. The average Bonchev–Trinajstić information content (AvgIpc) is 2.79. The van der Waals surface area contributed by atoms with Crippen LogP contribution in [0, 0.1) is 6.92 Å². The highest BCUT2D eigenvalue weighted by atomic mass is 35.5. The van der Waals surface area contributed by atoms with Crippen LogP contribution in [0.2, 0.25) is 10.2 Å².